The Kier molecular flexibility index (Phi) is 10.2. The number of amides is 1. The molecule has 26 heavy (non-hydrogen) atoms. The highest BCUT2D eigenvalue weighted by Crippen LogP contribution is 2.18. The molecule has 0 saturated heterocycles. The second kappa shape index (κ2) is 12.2. The van der Waals surface area contributed by atoms with E-state index < -0.39 is 0 Å². The molecule has 0 radical (unpaired) electrons. The zero-order chi connectivity index (χ0) is 17.9. The number of hydrogen-bond donors (Lipinski definition) is 1. The van der Waals surface area contributed by atoms with Gasteiger partial charge in [0.15, 0.2) is 0 Å². The average Bonchev–Trinajstić information content (AvgIpc) is 2.66. The molecule has 0 unspecified atom stereocenters. The van der Waals surface area contributed by atoms with Crippen molar-refractivity contribution in [3.8, 4) is 11.5 Å². The van der Waals surface area contributed by atoms with Crippen molar-refractivity contribution in [2.45, 2.75) is 13.0 Å². The van der Waals surface area contributed by atoms with Crippen LogP contribution in [0.1, 0.15) is 12.0 Å². The number of likely N-dealkylation sites (N-methyl/N-ethyl adjacent to an activating group) is 1. The number of carbonyl (C=O) groups is 1. The molecule has 2 aromatic rings. The third kappa shape index (κ3) is 7.76. The van der Waals surface area contributed by atoms with Gasteiger partial charge in [0.05, 0.1) is 6.54 Å². The largest absolute Gasteiger partial charge is 0.492 e. The molecule has 1 amide bonds. The normalized spacial score (nSPS) is 9.92. The molecule has 2 aromatic carbocycles. The Morgan fingerprint density at radius 2 is 1.62 bits per heavy atom. The molecular weight excluding hydrogens is 352 g/mol. The van der Waals surface area contributed by atoms with E-state index >= 15 is 0 Å². The summed E-state index contributed by atoms with van der Waals surface area (Å²) in [6, 6.07) is 17.6. The van der Waals surface area contributed by atoms with Crippen molar-refractivity contribution in [3.63, 3.8) is 0 Å². The van der Waals surface area contributed by atoms with Crippen molar-refractivity contribution in [1.82, 2.24) is 10.2 Å². The van der Waals surface area contributed by atoms with Crippen LogP contribution in [0.4, 0.5) is 0 Å². The quantitative estimate of drug-likeness (QED) is 0.690. The molecule has 2 rings (SSSR count). The number of ether oxygens (including phenoxy) is 2. The van der Waals surface area contributed by atoms with Gasteiger partial charge in [0.25, 0.3) is 0 Å². The Morgan fingerprint density at radius 1 is 1.00 bits per heavy atom. The second-order valence-electron chi connectivity index (χ2n) is 5.76. The summed E-state index contributed by atoms with van der Waals surface area (Å²) >= 11 is 0. The van der Waals surface area contributed by atoms with Crippen molar-refractivity contribution >= 4 is 18.3 Å². The third-order valence-corrected chi connectivity index (χ3v) is 3.78. The van der Waals surface area contributed by atoms with Crippen molar-refractivity contribution < 1.29 is 14.3 Å². The Morgan fingerprint density at radius 3 is 2.23 bits per heavy atom. The summed E-state index contributed by atoms with van der Waals surface area (Å²) in [5, 5.41) is 2.97. The summed E-state index contributed by atoms with van der Waals surface area (Å²) in [4.78, 5) is 13.5. The highest BCUT2D eigenvalue weighted by Gasteiger charge is 2.07. The number of rotatable bonds is 10. The summed E-state index contributed by atoms with van der Waals surface area (Å²) in [5.74, 6) is 1.68. The Hall–Kier alpha value is -2.24. The first-order valence-corrected chi connectivity index (χ1v) is 8.47. The van der Waals surface area contributed by atoms with Crippen molar-refractivity contribution in [2.75, 3.05) is 33.8 Å². The van der Waals surface area contributed by atoms with E-state index in [1.807, 2.05) is 61.6 Å². The first-order chi connectivity index (χ1) is 12.2. The predicted octanol–water partition coefficient (Wildman–Crippen LogP) is 3.13. The molecule has 0 bridgehead atoms. The highest BCUT2D eigenvalue weighted by molar-refractivity contribution is 5.85. The number of halogens is 1. The van der Waals surface area contributed by atoms with Crippen molar-refractivity contribution in [3.05, 3.63) is 60.2 Å². The zero-order valence-electron chi connectivity index (χ0n) is 15.3. The summed E-state index contributed by atoms with van der Waals surface area (Å²) in [6.45, 7) is 2.26. The molecule has 0 fully saturated rings. The fourth-order valence-corrected chi connectivity index (χ4v) is 2.22. The minimum atomic E-state index is 0. The van der Waals surface area contributed by atoms with Crippen LogP contribution in [0.5, 0.6) is 11.5 Å². The molecule has 0 heterocycles. The molecule has 0 aliphatic carbocycles. The molecule has 5 nitrogen and oxygen atoms in total. The van der Waals surface area contributed by atoms with E-state index in [9.17, 15) is 4.79 Å². The monoisotopic (exact) mass is 378 g/mol. The summed E-state index contributed by atoms with van der Waals surface area (Å²) in [6.07, 6.45) is 0.500. The molecule has 6 heteroatoms. The van der Waals surface area contributed by atoms with Gasteiger partial charge in [0, 0.05) is 20.0 Å². The maximum Gasteiger partial charge on any atom is 0.223 e. The minimum absolute atomic E-state index is 0. The van der Waals surface area contributed by atoms with Crippen LogP contribution in [-0.4, -0.2) is 44.6 Å². The van der Waals surface area contributed by atoms with Gasteiger partial charge >= 0.3 is 0 Å². The molecule has 0 atom stereocenters. The van der Waals surface area contributed by atoms with E-state index in [2.05, 4.69) is 5.32 Å². The smallest absolute Gasteiger partial charge is 0.223 e. The lowest BCUT2D eigenvalue weighted by molar-refractivity contribution is -0.130. The summed E-state index contributed by atoms with van der Waals surface area (Å²) in [7, 11) is 3.63. The topological polar surface area (TPSA) is 50.8 Å². The van der Waals surface area contributed by atoms with E-state index in [4.69, 9.17) is 9.47 Å². The van der Waals surface area contributed by atoms with E-state index in [1.165, 1.54) is 0 Å². The summed E-state index contributed by atoms with van der Waals surface area (Å²) < 4.78 is 11.4. The SMILES string of the molecule is CNCCC(=O)N(C)CCOc1ccc(OCc2ccccc2)cc1.Cl. The van der Waals surface area contributed by atoms with Gasteiger partial charge in [-0.15, -0.1) is 12.4 Å². The number of nitrogens with one attached hydrogen (secondary N) is 1. The van der Waals surface area contributed by atoms with Gasteiger partial charge in [-0.25, -0.2) is 0 Å². The predicted molar refractivity (Wildman–Crippen MR) is 106 cm³/mol. The number of benzene rings is 2. The van der Waals surface area contributed by atoms with E-state index in [-0.39, 0.29) is 18.3 Å². The molecular formula is C20H27ClN2O3. The fourth-order valence-electron chi connectivity index (χ4n) is 2.22. The fraction of sp³-hybridized carbons (Fsp3) is 0.350. The van der Waals surface area contributed by atoms with Gasteiger partial charge in [-0.05, 0) is 36.9 Å². The third-order valence-electron chi connectivity index (χ3n) is 3.78. The molecule has 0 spiro atoms. The lowest BCUT2D eigenvalue weighted by Gasteiger charge is -2.17. The van der Waals surface area contributed by atoms with Crippen LogP contribution >= 0.6 is 12.4 Å². The van der Waals surface area contributed by atoms with Crippen LogP contribution in [0.15, 0.2) is 54.6 Å². The maximum atomic E-state index is 11.8. The van der Waals surface area contributed by atoms with Crippen LogP contribution in [0.2, 0.25) is 0 Å². The van der Waals surface area contributed by atoms with Gasteiger partial charge in [-0.3, -0.25) is 4.79 Å². The maximum absolute atomic E-state index is 11.8. The van der Waals surface area contributed by atoms with Gasteiger partial charge in [0.2, 0.25) is 5.91 Å². The summed E-state index contributed by atoms with van der Waals surface area (Å²) in [5.41, 5.74) is 1.13. The average molecular weight is 379 g/mol. The Balaban J connectivity index is 0.00000338. The number of carbonyl (C=O) groups excluding carboxylic acids is 1. The number of hydrogen-bond acceptors (Lipinski definition) is 4. The van der Waals surface area contributed by atoms with E-state index in [0.717, 1.165) is 17.1 Å². The number of nitrogens with zero attached hydrogens (tertiary/aromatic N) is 1. The van der Waals surface area contributed by atoms with Gasteiger partial charge in [-0.1, -0.05) is 30.3 Å². The highest BCUT2D eigenvalue weighted by atomic mass is 35.5. The molecule has 0 saturated carbocycles. The van der Waals surface area contributed by atoms with Gasteiger partial charge in [0.1, 0.15) is 24.7 Å². The van der Waals surface area contributed by atoms with Crippen LogP contribution in [-0.2, 0) is 11.4 Å². The van der Waals surface area contributed by atoms with Crippen LogP contribution in [0.3, 0.4) is 0 Å². The second-order valence-corrected chi connectivity index (χ2v) is 5.76. The molecule has 0 aromatic heterocycles. The minimum Gasteiger partial charge on any atom is -0.492 e. The van der Waals surface area contributed by atoms with Gasteiger partial charge in [-0.2, -0.15) is 0 Å². The lowest BCUT2D eigenvalue weighted by Crippen LogP contribution is -2.32. The Labute approximate surface area is 161 Å². The standard InChI is InChI=1S/C20H26N2O3.ClH/c1-21-13-12-20(23)22(2)14-15-24-18-8-10-19(11-9-18)25-16-17-6-4-3-5-7-17;/h3-11,21H,12-16H2,1-2H3;1H. The van der Waals surface area contributed by atoms with Crippen molar-refractivity contribution in [2.24, 2.45) is 0 Å². The van der Waals surface area contributed by atoms with Crippen molar-refractivity contribution in [1.29, 1.82) is 0 Å². The van der Waals surface area contributed by atoms with Crippen LogP contribution in [0, 0.1) is 0 Å². The first kappa shape index (κ1) is 21.8. The van der Waals surface area contributed by atoms with Gasteiger partial charge < -0.3 is 19.7 Å². The first-order valence-electron chi connectivity index (χ1n) is 8.47. The van der Waals surface area contributed by atoms with E-state index in [0.29, 0.717) is 32.7 Å². The molecule has 0 aliphatic rings. The lowest BCUT2D eigenvalue weighted by atomic mass is 10.2. The Bertz CT molecular complexity index is 635. The zero-order valence-corrected chi connectivity index (χ0v) is 16.1. The van der Waals surface area contributed by atoms with Crippen LogP contribution < -0.4 is 14.8 Å². The molecule has 142 valence electrons. The molecule has 1 N–H and O–H groups in total. The van der Waals surface area contributed by atoms with Crippen LogP contribution in [0.25, 0.3) is 0 Å². The van der Waals surface area contributed by atoms with E-state index in [1.54, 1.807) is 11.9 Å². The molecule has 0 aliphatic heterocycles.